The molecule has 0 fully saturated rings. The Morgan fingerprint density at radius 1 is 1.44 bits per heavy atom. The van der Waals surface area contributed by atoms with E-state index in [1.54, 1.807) is 6.07 Å². The summed E-state index contributed by atoms with van der Waals surface area (Å²) in [5.41, 5.74) is 0.681. The highest BCUT2D eigenvalue weighted by atomic mass is 127. The zero-order valence-corrected chi connectivity index (χ0v) is 11.6. The van der Waals surface area contributed by atoms with E-state index >= 15 is 0 Å². The first kappa shape index (κ1) is 13.4. The van der Waals surface area contributed by atoms with Crippen molar-refractivity contribution in [3.05, 3.63) is 33.4 Å². The SMILES string of the molecule is CC(CO)C(C)NC(=O)c1ccccc1I. The summed E-state index contributed by atoms with van der Waals surface area (Å²) in [4.78, 5) is 11.9. The van der Waals surface area contributed by atoms with E-state index in [2.05, 4.69) is 27.9 Å². The van der Waals surface area contributed by atoms with E-state index in [-0.39, 0.29) is 24.5 Å². The number of aliphatic hydroxyl groups excluding tert-OH is 1. The van der Waals surface area contributed by atoms with Crippen molar-refractivity contribution in [2.75, 3.05) is 6.61 Å². The van der Waals surface area contributed by atoms with E-state index in [4.69, 9.17) is 5.11 Å². The number of carbonyl (C=O) groups excluding carboxylic acids is 1. The largest absolute Gasteiger partial charge is 0.396 e. The zero-order valence-electron chi connectivity index (χ0n) is 9.40. The number of halogens is 1. The third kappa shape index (κ3) is 3.45. The van der Waals surface area contributed by atoms with Crippen LogP contribution in [0, 0.1) is 9.49 Å². The summed E-state index contributed by atoms with van der Waals surface area (Å²) in [5.74, 6) is -0.0249. The van der Waals surface area contributed by atoms with Crippen molar-refractivity contribution in [2.24, 2.45) is 5.92 Å². The average Bonchev–Trinajstić information content (AvgIpc) is 2.28. The number of benzene rings is 1. The predicted octanol–water partition coefficient (Wildman–Crippen LogP) is 2.04. The maximum Gasteiger partial charge on any atom is 0.252 e. The maximum atomic E-state index is 11.9. The highest BCUT2D eigenvalue weighted by Gasteiger charge is 2.16. The van der Waals surface area contributed by atoms with Crippen LogP contribution in [0.5, 0.6) is 0 Å². The second-order valence-electron chi connectivity index (χ2n) is 3.90. The predicted molar refractivity (Wildman–Crippen MR) is 72.3 cm³/mol. The Kier molecular flexibility index (Phi) is 5.21. The smallest absolute Gasteiger partial charge is 0.252 e. The standard InChI is InChI=1S/C12H16INO2/c1-8(7-15)9(2)14-12(16)10-5-3-4-6-11(10)13/h3-6,8-9,15H,7H2,1-2H3,(H,14,16). The van der Waals surface area contributed by atoms with Crippen LogP contribution in [0.4, 0.5) is 0 Å². The van der Waals surface area contributed by atoms with Crippen molar-refractivity contribution < 1.29 is 9.90 Å². The molecule has 88 valence electrons. The van der Waals surface area contributed by atoms with Crippen LogP contribution in [0.25, 0.3) is 0 Å². The zero-order chi connectivity index (χ0) is 12.1. The molecule has 0 aromatic heterocycles. The molecule has 0 aliphatic carbocycles. The van der Waals surface area contributed by atoms with Crippen molar-refractivity contribution in [2.45, 2.75) is 19.9 Å². The highest BCUT2D eigenvalue weighted by Crippen LogP contribution is 2.12. The Morgan fingerprint density at radius 3 is 2.62 bits per heavy atom. The summed E-state index contributed by atoms with van der Waals surface area (Å²) >= 11 is 2.14. The Balaban J connectivity index is 2.70. The van der Waals surface area contributed by atoms with Crippen molar-refractivity contribution in [3.63, 3.8) is 0 Å². The summed E-state index contributed by atoms with van der Waals surface area (Å²) in [6.45, 7) is 3.88. The van der Waals surface area contributed by atoms with Gasteiger partial charge in [0, 0.05) is 16.2 Å². The van der Waals surface area contributed by atoms with E-state index in [0.717, 1.165) is 3.57 Å². The summed E-state index contributed by atoms with van der Waals surface area (Å²) in [6, 6.07) is 7.41. The number of hydrogen-bond acceptors (Lipinski definition) is 2. The monoisotopic (exact) mass is 333 g/mol. The summed E-state index contributed by atoms with van der Waals surface area (Å²) in [6.07, 6.45) is 0. The van der Waals surface area contributed by atoms with Gasteiger partial charge in [0.1, 0.15) is 0 Å². The molecule has 4 heteroatoms. The molecule has 2 N–H and O–H groups in total. The second kappa shape index (κ2) is 6.20. The molecular weight excluding hydrogens is 317 g/mol. The van der Waals surface area contributed by atoms with Crippen LogP contribution < -0.4 is 5.32 Å². The van der Waals surface area contributed by atoms with Crippen molar-refractivity contribution in [1.82, 2.24) is 5.32 Å². The minimum absolute atomic E-state index is 0.0338. The molecule has 0 aliphatic rings. The van der Waals surface area contributed by atoms with Crippen LogP contribution in [0.1, 0.15) is 24.2 Å². The summed E-state index contributed by atoms with van der Waals surface area (Å²) in [7, 11) is 0. The van der Waals surface area contributed by atoms with Crippen molar-refractivity contribution >= 4 is 28.5 Å². The summed E-state index contributed by atoms with van der Waals surface area (Å²) < 4.78 is 0.932. The van der Waals surface area contributed by atoms with Crippen molar-refractivity contribution in [3.8, 4) is 0 Å². The highest BCUT2D eigenvalue weighted by molar-refractivity contribution is 14.1. The van der Waals surface area contributed by atoms with E-state index in [0.29, 0.717) is 5.56 Å². The van der Waals surface area contributed by atoms with Gasteiger partial charge in [-0.1, -0.05) is 19.1 Å². The first-order valence-corrected chi connectivity index (χ1v) is 6.30. The normalized spacial score (nSPS) is 14.2. The van der Waals surface area contributed by atoms with Gasteiger partial charge >= 0.3 is 0 Å². The van der Waals surface area contributed by atoms with E-state index in [1.165, 1.54) is 0 Å². The second-order valence-corrected chi connectivity index (χ2v) is 5.06. The van der Waals surface area contributed by atoms with Gasteiger partial charge in [0.15, 0.2) is 0 Å². The molecule has 3 nitrogen and oxygen atoms in total. The molecule has 0 spiro atoms. The van der Waals surface area contributed by atoms with Crippen LogP contribution >= 0.6 is 22.6 Å². The fourth-order valence-corrected chi connectivity index (χ4v) is 1.86. The third-order valence-corrected chi connectivity index (χ3v) is 3.56. The van der Waals surface area contributed by atoms with Gasteiger partial charge < -0.3 is 10.4 Å². The number of carbonyl (C=O) groups is 1. The number of aliphatic hydroxyl groups is 1. The lowest BCUT2D eigenvalue weighted by Gasteiger charge is -2.19. The Bertz CT molecular complexity index is 368. The first-order chi connectivity index (χ1) is 7.56. The minimum atomic E-state index is -0.0854. The molecule has 0 saturated carbocycles. The molecule has 1 aromatic carbocycles. The molecular formula is C12H16INO2. The Labute approximate surface area is 109 Å². The Morgan fingerprint density at radius 2 is 2.06 bits per heavy atom. The topological polar surface area (TPSA) is 49.3 Å². The van der Waals surface area contributed by atoms with E-state index in [9.17, 15) is 4.79 Å². The van der Waals surface area contributed by atoms with Gasteiger partial charge in [-0.05, 0) is 47.6 Å². The van der Waals surface area contributed by atoms with Crippen LogP contribution in [-0.2, 0) is 0 Å². The van der Waals surface area contributed by atoms with E-state index < -0.39 is 0 Å². The molecule has 0 bridgehead atoms. The van der Waals surface area contributed by atoms with Gasteiger partial charge in [0.2, 0.25) is 0 Å². The van der Waals surface area contributed by atoms with Gasteiger partial charge in [0.05, 0.1) is 5.56 Å². The summed E-state index contributed by atoms with van der Waals surface area (Å²) in [5, 5.41) is 11.9. The third-order valence-electron chi connectivity index (χ3n) is 2.62. The average molecular weight is 333 g/mol. The number of rotatable bonds is 4. The van der Waals surface area contributed by atoms with Gasteiger partial charge in [-0.2, -0.15) is 0 Å². The molecule has 1 rings (SSSR count). The van der Waals surface area contributed by atoms with Crippen molar-refractivity contribution in [1.29, 1.82) is 0 Å². The number of nitrogens with one attached hydrogen (secondary N) is 1. The molecule has 0 heterocycles. The molecule has 0 saturated heterocycles. The maximum absolute atomic E-state index is 11.9. The first-order valence-electron chi connectivity index (χ1n) is 5.22. The van der Waals surface area contributed by atoms with Crippen LogP contribution in [-0.4, -0.2) is 23.7 Å². The van der Waals surface area contributed by atoms with Gasteiger partial charge in [-0.25, -0.2) is 0 Å². The van der Waals surface area contributed by atoms with Crippen LogP contribution in [0.3, 0.4) is 0 Å². The molecule has 2 atom stereocenters. The quantitative estimate of drug-likeness (QED) is 0.829. The van der Waals surface area contributed by atoms with Crippen LogP contribution in [0.15, 0.2) is 24.3 Å². The fourth-order valence-electron chi connectivity index (χ4n) is 1.23. The lowest BCUT2D eigenvalue weighted by molar-refractivity contribution is 0.0915. The number of hydrogen-bond donors (Lipinski definition) is 2. The molecule has 0 radical (unpaired) electrons. The minimum Gasteiger partial charge on any atom is -0.396 e. The van der Waals surface area contributed by atoms with Gasteiger partial charge in [-0.3, -0.25) is 4.79 Å². The van der Waals surface area contributed by atoms with E-state index in [1.807, 2.05) is 32.0 Å². The molecule has 1 aromatic rings. The van der Waals surface area contributed by atoms with Gasteiger partial charge in [-0.15, -0.1) is 0 Å². The lowest BCUT2D eigenvalue weighted by Crippen LogP contribution is -2.38. The molecule has 2 unspecified atom stereocenters. The number of amides is 1. The Hall–Kier alpha value is -0.620. The van der Waals surface area contributed by atoms with Gasteiger partial charge in [0.25, 0.3) is 5.91 Å². The lowest BCUT2D eigenvalue weighted by atomic mass is 10.0. The van der Waals surface area contributed by atoms with Crippen LogP contribution in [0.2, 0.25) is 0 Å². The molecule has 16 heavy (non-hydrogen) atoms. The molecule has 0 aliphatic heterocycles. The fraction of sp³-hybridized carbons (Fsp3) is 0.417. The molecule has 1 amide bonds.